The van der Waals surface area contributed by atoms with Crippen LogP contribution in [0.2, 0.25) is 0 Å². The van der Waals surface area contributed by atoms with E-state index in [2.05, 4.69) is 32.7 Å². The molecule has 88 valence electrons. The van der Waals surface area contributed by atoms with Gasteiger partial charge in [0.2, 0.25) is 5.95 Å². The van der Waals surface area contributed by atoms with Crippen LogP contribution in [0.4, 0.5) is 11.8 Å². The smallest absolute Gasteiger partial charge is 0.239 e. The van der Waals surface area contributed by atoms with Crippen LogP contribution in [0.25, 0.3) is 0 Å². The zero-order valence-electron chi connectivity index (χ0n) is 9.70. The maximum Gasteiger partial charge on any atom is 0.239 e. The molecule has 0 saturated carbocycles. The third kappa shape index (κ3) is 2.59. The maximum absolute atomic E-state index is 5.31. The average molecular weight is 222 g/mol. The van der Waals surface area contributed by atoms with Crippen molar-refractivity contribution >= 4 is 11.8 Å². The van der Waals surface area contributed by atoms with Crippen LogP contribution in [-0.2, 0) is 0 Å². The Morgan fingerprint density at radius 1 is 1.50 bits per heavy atom. The quantitative estimate of drug-likeness (QED) is 0.500. The summed E-state index contributed by atoms with van der Waals surface area (Å²) in [4.78, 5) is 10.7. The van der Waals surface area contributed by atoms with Gasteiger partial charge in [0.25, 0.3) is 0 Å². The fraction of sp³-hybridized carbons (Fsp3) is 0.600. The van der Waals surface area contributed by atoms with E-state index in [4.69, 9.17) is 5.84 Å². The molecule has 0 aliphatic carbocycles. The number of nitrogen functional groups attached to an aromatic ring is 1. The van der Waals surface area contributed by atoms with Crippen molar-refractivity contribution < 1.29 is 0 Å². The Hall–Kier alpha value is -1.40. The summed E-state index contributed by atoms with van der Waals surface area (Å²) in [6, 6.07) is 2.39. The Morgan fingerprint density at radius 2 is 2.31 bits per heavy atom. The molecule has 1 aromatic rings. The normalized spacial score (nSPS) is 21.1. The van der Waals surface area contributed by atoms with Gasteiger partial charge in [0.1, 0.15) is 5.82 Å². The summed E-state index contributed by atoms with van der Waals surface area (Å²) < 4.78 is 0. The molecule has 1 atom stereocenters. The highest BCUT2D eigenvalue weighted by Gasteiger charge is 2.19. The number of rotatable bonds is 3. The van der Waals surface area contributed by atoms with Gasteiger partial charge in [0, 0.05) is 24.3 Å². The summed E-state index contributed by atoms with van der Waals surface area (Å²) >= 11 is 0. The van der Waals surface area contributed by atoms with E-state index >= 15 is 0 Å². The molecule has 6 nitrogen and oxygen atoms in total. The van der Waals surface area contributed by atoms with Crippen LogP contribution in [0, 0.1) is 6.92 Å². The van der Waals surface area contributed by atoms with Gasteiger partial charge in [-0.25, -0.2) is 10.8 Å². The van der Waals surface area contributed by atoms with Crippen LogP contribution in [0.5, 0.6) is 0 Å². The minimum absolute atomic E-state index is 0.453. The van der Waals surface area contributed by atoms with Crippen molar-refractivity contribution in [3.63, 3.8) is 0 Å². The van der Waals surface area contributed by atoms with Crippen LogP contribution < -0.4 is 16.6 Å². The number of likely N-dealkylation sites (N-methyl/N-ethyl adjacent to an activating group) is 1. The predicted octanol–water partition coefficient (Wildman–Crippen LogP) is 0.187. The van der Waals surface area contributed by atoms with Crippen LogP contribution >= 0.6 is 0 Å². The molecule has 1 saturated heterocycles. The molecular weight excluding hydrogens is 204 g/mol. The van der Waals surface area contributed by atoms with Crippen molar-refractivity contribution in [1.29, 1.82) is 0 Å². The number of aromatic nitrogens is 2. The van der Waals surface area contributed by atoms with Gasteiger partial charge in [0.05, 0.1) is 0 Å². The standard InChI is InChI=1S/C10H18N6/c1-7-5-9(14-10(12-7)15-11)13-8-3-4-16(2)6-8/h5,8H,3-4,6,11H2,1-2H3,(H2,12,13,14,15). The largest absolute Gasteiger partial charge is 0.366 e. The van der Waals surface area contributed by atoms with E-state index in [0.717, 1.165) is 31.0 Å². The van der Waals surface area contributed by atoms with Crippen molar-refractivity contribution in [3.8, 4) is 0 Å². The highest BCUT2D eigenvalue weighted by Crippen LogP contribution is 2.14. The summed E-state index contributed by atoms with van der Waals surface area (Å²) in [6.07, 6.45) is 1.14. The van der Waals surface area contributed by atoms with Gasteiger partial charge in [-0.2, -0.15) is 4.98 Å². The minimum Gasteiger partial charge on any atom is -0.366 e. The van der Waals surface area contributed by atoms with Crippen molar-refractivity contribution in [1.82, 2.24) is 14.9 Å². The third-order valence-electron chi connectivity index (χ3n) is 2.73. The average Bonchev–Trinajstić information content (AvgIpc) is 2.63. The van der Waals surface area contributed by atoms with Crippen molar-refractivity contribution in [2.45, 2.75) is 19.4 Å². The molecule has 0 spiro atoms. The molecule has 1 aromatic heterocycles. The molecule has 0 bridgehead atoms. The molecule has 1 aliphatic rings. The summed E-state index contributed by atoms with van der Waals surface area (Å²) in [5, 5.41) is 3.40. The Bertz CT molecular complexity index is 366. The van der Waals surface area contributed by atoms with Gasteiger partial charge in [-0.1, -0.05) is 0 Å². The monoisotopic (exact) mass is 222 g/mol. The van der Waals surface area contributed by atoms with Crippen molar-refractivity contribution in [3.05, 3.63) is 11.8 Å². The number of hydrazine groups is 1. The Labute approximate surface area is 95.2 Å². The molecule has 2 heterocycles. The number of likely N-dealkylation sites (tertiary alicyclic amines) is 1. The van der Waals surface area contributed by atoms with Gasteiger partial charge >= 0.3 is 0 Å². The van der Waals surface area contributed by atoms with Gasteiger partial charge in [-0.05, 0) is 26.9 Å². The van der Waals surface area contributed by atoms with Gasteiger partial charge in [-0.15, -0.1) is 0 Å². The third-order valence-corrected chi connectivity index (χ3v) is 2.73. The number of nitrogens with one attached hydrogen (secondary N) is 2. The summed E-state index contributed by atoms with van der Waals surface area (Å²) in [5.74, 6) is 6.59. The van der Waals surface area contributed by atoms with E-state index in [1.165, 1.54) is 0 Å². The minimum atomic E-state index is 0.453. The number of nitrogens with zero attached hydrogens (tertiary/aromatic N) is 3. The molecular formula is C10H18N6. The summed E-state index contributed by atoms with van der Waals surface area (Å²) in [6.45, 7) is 4.10. The SMILES string of the molecule is Cc1cc(NC2CCN(C)C2)nc(NN)n1. The number of hydrogen-bond donors (Lipinski definition) is 3. The van der Waals surface area contributed by atoms with Crippen LogP contribution in [0.1, 0.15) is 12.1 Å². The molecule has 0 aromatic carbocycles. The van der Waals surface area contributed by atoms with Crippen LogP contribution in [-0.4, -0.2) is 41.0 Å². The molecule has 4 N–H and O–H groups in total. The van der Waals surface area contributed by atoms with Crippen molar-refractivity contribution in [2.24, 2.45) is 5.84 Å². The van der Waals surface area contributed by atoms with E-state index in [1.807, 2.05) is 13.0 Å². The first-order valence-corrected chi connectivity index (χ1v) is 5.45. The first kappa shape index (κ1) is 11.1. The van der Waals surface area contributed by atoms with E-state index in [0.29, 0.717) is 12.0 Å². The van der Waals surface area contributed by atoms with Gasteiger partial charge < -0.3 is 10.2 Å². The first-order chi connectivity index (χ1) is 7.67. The topological polar surface area (TPSA) is 79.1 Å². The summed E-state index contributed by atoms with van der Waals surface area (Å²) in [5.41, 5.74) is 3.37. The molecule has 6 heteroatoms. The number of aryl methyl sites for hydroxylation is 1. The molecule has 16 heavy (non-hydrogen) atoms. The maximum atomic E-state index is 5.31. The second-order valence-corrected chi connectivity index (χ2v) is 4.25. The predicted molar refractivity (Wildman–Crippen MR) is 64.1 cm³/mol. The zero-order valence-corrected chi connectivity index (χ0v) is 9.70. The Balaban J connectivity index is 2.06. The van der Waals surface area contributed by atoms with E-state index in [1.54, 1.807) is 0 Å². The number of nitrogens with two attached hydrogens (primary N) is 1. The first-order valence-electron chi connectivity index (χ1n) is 5.45. The lowest BCUT2D eigenvalue weighted by Crippen LogP contribution is -2.24. The second kappa shape index (κ2) is 4.63. The van der Waals surface area contributed by atoms with Crippen molar-refractivity contribution in [2.75, 3.05) is 30.9 Å². The fourth-order valence-corrected chi connectivity index (χ4v) is 1.97. The lowest BCUT2D eigenvalue weighted by Gasteiger charge is -2.14. The highest BCUT2D eigenvalue weighted by molar-refractivity contribution is 5.42. The highest BCUT2D eigenvalue weighted by atomic mass is 15.3. The van der Waals surface area contributed by atoms with E-state index < -0.39 is 0 Å². The number of anilines is 2. The second-order valence-electron chi connectivity index (χ2n) is 4.25. The molecule has 1 fully saturated rings. The van der Waals surface area contributed by atoms with Gasteiger partial charge in [-0.3, -0.25) is 5.43 Å². The Morgan fingerprint density at radius 3 is 2.94 bits per heavy atom. The van der Waals surface area contributed by atoms with E-state index in [-0.39, 0.29) is 0 Å². The molecule has 0 radical (unpaired) electrons. The molecule has 2 rings (SSSR count). The number of hydrogen-bond acceptors (Lipinski definition) is 6. The molecule has 1 unspecified atom stereocenters. The Kier molecular flexibility index (Phi) is 3.21. The fourth-order valence-electron chi connectivity index (χ4n) is 1.97. The molecule has 0 amide bonds. The van der Waals surface area contributed by atoms with Gasteiger partial charge in [0.15, 0.2) is 0 Å². The zero-order chi connectivity index (χ0) is 11.5. The van der Waals surface area contributed by atoms with Crippen LogP contribution in [0.15, 0.2) is 6.07 Å². The van der Waals surface area contributed by atoms with Crippen LogP contribution in [0.3, 0.4) is 0 Å². The lowest BCUT2D eigenvalue weighted by molar-refractivity contribution is 0.414. The molecule has 1 aliphatic heterocycles. The van der Waals surface area contributed by atoms with E-state index in [9.17, 15) is 0 Å². The lowest BCUT2D eigenvalue weighted by atomic mass is 10.2. The summed E-state index contributed by atoms with van der Waals surface area (Å²) in [7, 11) is 2.12.